The lowest BCUT2D eigenvalue weighted by molar-refractivity contribution is -0.133. The Morgan fingerprint density at radius 2 is 1.70 bits per heavy atom. The van der Waals surface area contributed by atoms with Crippen molar-refractivity contribution in [3.8, 4) is 0 Å². The van der Waals surface area contributed by atoms with E-state index in [0.29, 0.717) is 49.9 Å². The summed E-state index contributed by atoms with van der Waals surface area (Å²) in [6.45, 7) is 7.37. The van der Waals surface area contributed by atoms with Crippen LogP contribution in [-0.4, -0.2) is 96.0 Å². The van der Waals surface area contributed by atoms with Crippen LogP contribution >= 0.6 is 11.8 Å². The molecule has 10 nitrogen and oxygen atoms in total. The number of carbonyl (C=O) groups is 2. The molecule has 1 aromatic heterocycles. The SMILES string of the molecule is CCn1c(SCC(=O)N2CCN(CC(=O)N3CCCC3)CC2)nc2cc(S(N)(=O)=O)ccc21. The summed E-state index contributed by atoms with van der Waals surface area (Å²) in [6.07, 6.45) is 2.18. The van der Waals surface area contributed by atoms with Crippen molar-refractivity contribution in [2.24, 2.45) is 5.14 Å². The first-order valence-corrected chi connectivity index (χ1v) is 13.7. The molecule has 2 amide bonds. The molecule has 0 radical (unpaired) electrons. The largest absolute Gasteiger partial charge is 0.342 e. The van der Waals surface area contributed by atoms with Gasteiger partial charge in [-0.2, -0.15) is 0 Å². The van der Waals surface area contributed by atoms with Crippen LogP contribution in [0.5, 0.6) is 0 Å². The minimum atomic E-state index is -3.81. The lowest BCUT2D eigenvalue weighted by atomic mass is 10.3. The van der Waals surface area contributed by atoms with Crippen LogP contribution in [0.3, 0.4) is 0 Å². The molecule has 2 aliphatic rings. The third kappa shape index (κ3) is 5.51. The number of benzene rings is 1. The number of sulfonamides is 1. The number of hydrogen-bond acceptors (Lipinski definition) is 7. The number of thioether (sulfide) groups is 1. The van der Waals surface area contributed by atoms with Crippen molar-refractivity contribution in [3.05, 3.63) is 18.2 Å². The molecule has 2 N–H and O–H groups in total. The Kier molecular flexibility index (Phi) is 7.27. The zero-order chi connectivity index (χ0) is 23.6. The van der Waals surface area contributed by atoms with E-state index in [0.717, 1.165) is 31.4 Å². The lowest BCUT2D eigenvalue weighted by Crippen LogP contribution is -2.51. The molecule has 0 aliphatic carbocycles. The van der Waals surface area contributed by atoms with Gasteiger partial charge in [-0.05, 0) is 38.0 Å². The van der Waals surface area contributed by atoms with Crippen molar-refractivity contribution in [2.45, 2.75) is 36.4 Å². The second kappa shape index (κ2) is 10.00. The molecule has 0 atom stereocenters. The summed E-state index contributed by atoms with van der Waals surface area (Å²) in [4.78, 5) is 35.6. The van der Waals surface area contributed by atoms with E-state index >= 15 is 0 Å². The molecule has 0 unspecified atom stereocenters. The first-order valence-electron chi connectivity index (χ1n) is 11.2. The van der Waals surface area contributed by atoms with Gasteiger partial charge >= 0.3 is 0 Å². The van der Waals surface area contributed by atoms with Gasteiger partial charge in [-0.3, -0.25) is 14.5 Å². The van der Waals surface area contributed by atoms with Crippen molar-refractivity contribution in [2.75, 3.05) is 51.6 Å². The van der Waals surface area contributed by atoms with Gasteiger partial charge in [0.05, 0.1) is 28.2 Å². The number of nitrogens with two attached hydrogens (primary N) is 1. The quantitative estimate of drug-likeness (QED) is 0.558. The molecule has 180 valence electrons. The van der Waals surface area contributed by atoms with Crippen molar-refractivity contribution >= 4 is 44.6 Å². The Labute approximate surface area is 198 Å². The van der Waals surface area contributed by atoms with Gasteiger partial charge in [0.25, 0.3) is 0 Å². The summed E-state index contributed by atoms with van der Waals surface area (Å²) >= 11 is 1.35. The van der Waals surface area contributed by atoms with Crippen LogP contribution in [0.4, 0.5) is 0 Å². The van der Waals surface area contributed by atoms with Crippen LogP contribution in [0.1, 0.15) is 19.8 Å². The molecule has 2 aromatic rings. The molecule has 1 aromatic carbocycles. The standard InChI is InChI=1S/C21H30N6O4S2/c1-2-27-18-6-5-16(33(22,30)31)13-17(18)23-21(27)32-15-20(29)26-11-9-24(10-12-26)14-19(28)25-7-3-4-8-25/h5-6,13H,2-4,7-12,14-15H2,1H3,(H2,22,30,31). The fraction of sp³-hybridized carbons (Fsp3) is 0.571. The van der Waals surface area contributed by atoms with E-state index < -0.39 is 10.0 Å². The first kappa shape index (κ1) is 24.0. The maximum atomic E-state index is 12.8. The number of carbonyl (C=O) groups excluding carboxylic acids is 2. The molecule has 12 heteroatoms. The van der Waals surface area contributed by atoms with Gasteiger partial charge in [0.15, 0.2) is 5.16 Å². The maximum Gasteiger partial charge on any atom is 0.238 e. The van der Waals surface area contributed by atoms with Crippen LogP contribution in [0.2, 0.25) is 0 Å². The Hall–Kier alpha value is -2.15. The monoisotopic (exact) mass is 494 g/mol. The Bertz CT molecular complexity index is 1140. The first-order chi connectivity index (χ1) is 15.8. The number of imidazole rings is 1. The summed E-state index contributed by atoms with van der Waals surface area (Å²) in [5, 5.41) is 5.90. The second-order valence-electron chi connectivity index (χ2n) is 8.37. The van der Waals surface area contributed by atoms with Crippen molar-refractivity contribution < 1.29 is 18.0 Å². The molecule has 0 spiro atoms. The predicted octanol–water partition coefficient (Wildman–Crippen LogP) is 0.562. The van der Waals surface area contributed by atoms with Gasteiger partial charge in [-0.1, -0.05) is 11.8 Å². The topological polar surface area (TPSA) is 122 Å². The summed E-state index contributed by atoms with van der Waals surface area (Å²) < 4.78 is 25.2. The van der Waals surface area contributed by atoms with Gasteiger partial charge in [0.1, 0.15) is 0 Å². The number of fused-ring (bicyclic) bond motifs is 1. The summed E-state index contributed by atoms with van der Waals surface area (Å²) in [7, 11) is -3.81. The van der Waals surface area contributed by atoms with E-state index in [9.17, 15) is 18.0 Å². The molecule has 33 heavy (non-hydrogen) atoms. The number of amides is 2. The number of piperazine rings is 1. The number of aromatic nitrogens is 2. The highest BCUT2D eigenvalue weighted by atomic mass is 32.2. The smallest absolute Gasteiger partial charge is 0.238 e. The lowest BCUT2D eigenvalue weighted by Gasteiger charge is -2.35. The van der Waals surface area contributed by atoms with E-state index in [1.807, 2.05) is 21.3 Å². The average Bonchev–Trinajstić information content (AvgIpc) is 3.44. The van der Waals surface area contributed by atoms with Crippen LogP contribution in [0.15, 0.2) is 28.3 Å². The molecule has 2 fully saturated rings. The number of rotatable bonds is 7. The molecule has 0 saturated carbocycles. The van der Waals surface area contributed by atoms with Gasteiger partial charge < -0.3 is 14.4 Å². The summed E-state index contributed by atoms with van der Waals surface area (Å²) in [6, 6.07) is 4.63. The Morgan fingerprint density at radius 1 is 1.03 bits per heavy atom. The summed E-state index contributed by atoms with van der Waals surface area (Å²) in [5.74, 6) is 0.468. The molecule has 0 bridgehead atoms. The van der Waals surface area contributed by atoms with Crippen LogP contribution in [-0.2, 0) is 26.2 Å². The molecule has 2 aliphatic heterocycles. The molecule has 2 saturated heterocycles. The molecule has 3 heterocycles. The van der Waals surface area contributed by atoms with E-state index in [-0.39, 0.29) is 22.5 Å². The van der Waals surface area contributed by atoms with Crippen molar-refractivity contribution in [1.82, 2.24) is 24.3 Å². The number of likely N-dealkylation sites (tertiary alicyclic amines) is 1. The Balaban J connectivity index is 1.32. The fourth-order valence-electron chi connectivity index (χ4n) is 4.31. The highest BCUT2D eigenvalue weighted by Crippen LogP contribution is 2.26. The zero-order valence-corrected chi connectivity index (χ0v) is 20.4. The average molecular weight is 495 g/mol. The van der Waals surface area contributed by atoms with Crippen LogP contribution in [0, 0.1) is 0 Å². The van der Waals surface area contributed by atoms with Crippen LogP contribution < -0.4 is 5.14 Å². The molecular formula is C21H30N6O4S2. The number of aryl methyl sites for hydroxylation is 1. The number of primary sulfonamides is 1. The van der Waals surface area contributed by atoms with E-state index in [2.05, 4.69) is 9.88 Å². The second-order valence-corrected chi connectivity index (χ2v) is 10.9. The van der Waals surface area contributed by atoms with Gasteiger partial charge in [-0.25, -0.2) is 18.5 Å². The summed E-state index contributed by atoms with van der Waals surface area (Å²) in [5.41, 5.74) is 1.34. The van der Waals surface area contributed by atoms with Gasteiger partial charge in [0, 0.05) is 45.8 Å². The minimum Gasteiger partial charge on any atom is -0.342 e. The van der Waals surface area contributed by atoms with Crippen molar-refractivity contribution in [1.29, 1.82) is 0 Å². The maximum absolute atomic E-state index is 12.8. The predicted molar refractivity (Wildman–Crippen MR) is 126 cm³/mol. The number of nitrogens with zero attached hydrogens (tertiary/aromatic N) is 5. The van der Waals surface area contributed by atoms with E-state index in [4.69, 9.17) is 5.14 Å². The molecule has 4 rings (SSSR count). The van der Waals surface area contributed by atoms with Crippen LogP contribution in [0.25, 0.3) is 11.0 Å². The molecular weight excluding hydrogens is 464 g/mol. The zero-order valence-electron chi connectivity index (χ0n) is 18.8. The van der Waals surface area contributed by atoms with Gasteiger partial charge in [0.2, 0.25) is 21.8 Å². The highest BCUT2D eigenvalue weighted by molar-refractivity contribution is 7.99. The Morgan fingerprint density at radius 3 is 2.33 bits per heavy atom. The van der Waals surface area contributed by atoms with Gasteiger partial charge in [-0.15, -0.1) is 0 Å². The minimum absolute atomic E-state index is 0.0180. The van der Waals surface area contributed by atoms with Crippen molar-refractivity contribution in [3.63, 3.8) is 0 Å². The van der Waals surface area contributed by atoms with E-state index in [1.165, 1.54) is 23.9 Å². The van der Waals surface area contributed by atoms with E-state index in [1.54, 1.807) is 6.07 Å². The number of hydrogen-bond donors (Lipinski definition) is 1. The third-order valence-electron chi connectivity index (χ3n) is 6.20. The third-order valence-corrected chi connectivity index (χ3v) is 8.07. The fourth-order valence-corrected chi connectivity index (χ4v) is 5.83. The normalized spacial score (nSPS) is 17.8. The highest BCUT2D eigenvalue weighted by Gasteiger charge is 2.25.